The Labute approximate surface area is 134 Å². The molecule has 0 spiro atoms. The van der Waals surface area contributed by atoms with E-state index < -0.39 is 15.8 Å². The number of thiophene rings is 1. The first kappa shape index (κ1) is 15.6. The van der Waals surface area contributed by atoms with Gasteiger partial charge in [0.15, 0.2) is 0 Å². The molecule has 1 saturated heterocycles. The van der Waals surface area contributed by atoms with Crippen molar-refractivity contribution in [3.8, 4) is 0 Å². The maximum atomic E-state index is 13.1. The third kappa shape index (κ3) is 3.09. The van der Waals surface area contributed by atoms with Crippen LogP contribution in [0.5, 0.6) is 0 Å². The van der Waals surface area contributed by atoms with Gasteiger partial charge in [-0.15, -0.1) is 11.3 Å². The number of hydrogen-bond donors (Lipinski definition) is 0. The number of benzene rings is 1. The van der Waals surface area contributed by atoms with Crippen molar-refractivity contribution in [2.45, 2.75) is 36.6 Å². The van der Waals surface area contributed by atoms with Crippen molar-refractivity contribution < 1.29 is 12.8 Å². The molecule has 22 heavy (non-hydrogen) atoms. The van der Waals surface area contributed by atoms with Gasteiger partial charge in [-0.1, -0.05) is 18.9 Å². The normalized spacial score (nSPS) is 20.7. The Morgan fingerprint density at radius 3 is 2.55 bits per heavy atom. The zero-order valence-electron chi connectivity index (χ0n) is 12.1. The van der Waals surface area contributed by atoms with Gasteiger partial charge in [-0.25, -0.2) is 12.8 Å². The van der Waals surface area contributed by atoms with E-state index in [0.717, 1.165) is 30.6 Å². The second-order valence-corrected chi connectivity index (χ2v) is 8.32. The van der Waals surface area contributed by atoms with Crippen molar-refractivity contribution in [1.82, 2.24) is 4.31 Å². The first-order chi connectivity index (χ1) is 10.6. The van der Waals surface area contributed by atoms with E-state index in [1.54, 1.807) is 15.6 Å². The van der Waals surface area contributed by atoms with Crippen molar-refractivity contribution in [2.24, 2.45) is 0 Å². The SMILES string of the molecule is O=S(=O)(c1ccc(F)cc1)N1CCCCC[C@H]1c1cccs1. The Kier molecular flexibility index (Phi) is 4.61. The van der Waals surface area contributed by atoms with E-state index in [-0.39, 0.29) is 10.9 Å². The average Bonchev–Trinajstić information content (AvgIpc) is 2.91. The highest BCUT2D eigenvalue weighted by molar-refractivity contribution is 7.89. The summed E-state index contributed by atoms with van der Waals surface area (Å²) >= 11 is 1.59. The first-order valence-electron chi connectivity index (χ1n) is 7.40. The molecular weight excluding hydrogens is 321 g/mol. The smallest absolute Gasteiger partial charge is 0.207 e. The van der Waals surface area contributed by atoms with Gasteiger partial charge < -0.3 is 0 Å². The highest BCUT2D eigenvalue weighted by Crippen LogP contribution is 2.36. The summed E-state index contributed by atoms with van der Waals surface area (Å²) in [5.74, 6) is -0.426. The van der Waals surface area contributed by atoms with E-state index in [0.29, 0.717) is 6.54 Å². The summed E-state index contributed by atoms with van der Waals surface area (Å²) in [5, 5.41) is 1.98. The molecule has 0 aliphatic carbocycles. The van der Waals surface area contributed by atoms with Crippen LogP contribution in [0.25, 0.3) is 0 Å². The second-order valence-electron chi connectivity index (χ2n) is 5.45. The first-order valence-corrected chi connectivity index (χ1v) is 9.72. The lowest BCUT2D eigenvalue weighted by Gasteiger charge is -2.28. The topological polar surface area (TPSA) is 37.4 Å². The summed E-state index contributed by atoms with van der Waals surface area (Å²) in [5.41, 5.74) is 0. The van der Waals surface area contributed by atoms with Crippen LogP contribution in [0.1, 0.15) is 36.6 Å². The van der Waals surface area contributed by atoms with Crippen LogP contribution in [-0.2, 0) is 10.0 Å². The summed E-state index contributed by atoms with van der Waals surface area (Å²) in [6, 6.07) is 8.93. The van der Waals surface area contributed by atoms with E-state index in [1.807, 2.05) is 17.5 Å². The third-order valence-electron chi connectivity index (χ3n) is 4.00. The fraction of sp³-hybridized carbons (Fsp3) is 0.375. The minimum Gasteiger partial charge on any atom is -0.207 e. The molecule has 118 valence electrons. The molecule has 1 aromatic heterocycles. The Morgan fingerprint density at radius 1 is 1.09 bits per heavy atom. The minimum atomic E-state index is -3.60. The maximum absolute atomic E-state index is 13.1. The van der Waals surface area contributed by atoms with Crippen LogP contribution >= 0.6 is 11.3 Å². The molecule has 2 heterocycles. The van der Waals surface area contributed by atoms with E-state index >= 15 is 0 Å². The van der Waals surface area contributed by atoms with Crippen molar-refractivity contribution >= 4 is 21.4 Å². The standard InChI is InChI=1S/C16H18FNO2S2/c17-13-7-9-14(10-8-13)22(19,20)18-11-3-1-2-5-15(18)16-6-4-12-21-16/h4,6-10,12,15H,1-3,5,11H2/t15-/m0/s1. The molecule has 0 N–H and O–H groups in total. The van der Waals surface area contributed by atoms with Crippen LogP contribution < -0.4 is 0 Å². The Morgan fingerprint density at radius 2 is 1.86 bits per heavy atom. The van der Waals surface area contributed by atoms with Gasteiger partial charge in [0.25, 0.3) is 0 Å². The molecular formula is C16H18FNO2S2. The van der Waals surface area contributed by atoms with E-state index in [1.165, 1.54) is 24.3 Å². The monoisotopic (exact) mass is 339 g/mol. The molecule has 3 rings (SSSR count). The highest BCUT2D eigenvalue weighted by Gasteiger charge is 2.33. The van der Waals surface area contributed by atoms with Gasteiger partial charge in [0, 0.05) is 11.4 Å². The maximum Gasteiger partial charge on any atom is 0.243 e. The van der Waals surface area contributed by atoms with Crippen LogP contribution in [-0.4, -0.2) is 19.3 Å². The highest BCUT2D eigenvalue weighted by atomic mass is 32.2. The van der Waals surface area contributed by atoms with E-state index in [4.69, 9.17) is 0 Å². The molecule has 0 bridgehead atoms. The fourth-order valence-corrected chi connectivity index (χ4v) is 5.49. The van der Waals surface area contributed by atoms with Crippen molar-refractivity contribution in [1.29, 1.82) is 0 Å². The number of nitrogens with zero attached hydrogens (tertiary/aromatic N) is 1. The van der Waals surface area contributed by atoms with Gasteiger partial charge >= 0.3 is 0 Å². The molecule has 2 aromatic rings. The molecule has 1 aromatic carbocycles. The van der Waals surface area contributed by atoms with Crippen LogP contribution in [0.3, 0.4) is 0 Å². The number of halogens is 1. The van der Waals surface area contributed by atoms with Crippen molar-refractivity contribution in [3.63, 3.8) is 0 Å². The molecule has 1 fully saturated rings. The van der Waals surface area contributed by atoms with Crippen LogP contribution in [0.4, 0.5) is 4.39 Å². The third-order valence-corrected chi connectivity index (χ3v) is 6.89. The van der Waals surface area contributed by atoms with Crippen molar-refractivity contribution in [3.05, 3.63) is 52.5 Å². The quantitative estimate of drug-likeness (QED) is 0.841. The molecule has 3 nitrogen and oxygen atoms in total. The number of rotatable bonds is 3. The van der Waals surface area contributed by atoms with Crippen molar-refractivity contribution in [2.75, 3.05) is 6.54 Å². The lowest BCUT2D eigenvalue weighted by Crippen LogP contribution is -2.34. The second kappa shape index (κ2) is 6.48. The van der Waals surface area contributed by atoms with Crippen LogP contribution in [0.2, 0.25) is 0 Å². The number of hydrogen-bond acceptors (Lipinski definition) is 3. The summed E-state index contributed by atoms with van der Waals surface area (Å²) in [7, 11) is -3.60. The summed E-state index contributed by atoms with van der Waals surface area (Å²) in [4.78, 5) is 1.24. The van der Waals surface area contributed by atoms with Gasteiger partial charge in [-0.3, -0.25) is 0 Å². The average molecular weight is 339 g/mol. The van der Waals surface area contributed by atoms with Crippen LogP contribution in [0.15, 0.2) is 46.7 Å². The summed E-state index contributed by atoms with van der Waals surface area (Å²) < 4.78 is 40.6. The molecule has 1 aliphatic heterocycles. The lowest BCUT2D eigenvalue weighted by molar-refractivity contribution is 0.333. The molecule has 0 saturated carbocycles. The van der Waals surface area contributed by atoms with Gasteiger partial charge in [0.05, 0.1) is 10.9 Å². The molecule has 0 radical (unpaired) electrons. The molecule has 1 aliphatic rings. The van der Waals surface area contributed by atoms with Gasteiger partial charge in [-0.2, -0.15) is 4.31 Å². The molecule has 0 amide bonds. The number of sulfonamides is 1. The zero-order valence-corrected chi connectivity index (χ0v) is 13.7. The molecule has 0 unspecified atom stereocenters. The zero-order chi connectivity index (χ0) is 15.6. The predicted molar refractivity (Wildman–Crippen MR) is 85.8 cm³/mol. The Bertz CT molecular complexity index is 711. The van der Waals surface area contributed by atoms with Gasteiger partial charge in [0.2, 0.25) is 10.0 Å². The summed E-state index contributed by atoms with van der Waals surface area (Å²) in [6.45, 7) is 0.516. The van der Waals surface area contributed by atoms with Crippen LogP contribution in [0, 0.1) is 5.82 Å². The lowest BCUT2D eigenvalue weighted by atomic mass is 10.1. The van der Waals surface area contributed by atoms with Gasteiger partial charge in [-0.05, 0) is 48.6 Å². The van der Waals surface area contributed by atoms with Gasteiger partial charge in [0.1, 0.15) is 5.82 Å². The molecule has 1 atom stereocenters. The summed E-state index contributed by atoms with van der Waals surface area (Å²) in [6.07, 6.45) is 3.76. The van der Waals surface area contributed by atoms with E-state index in [2.05, 4.69) is 0 Å². The minimum absolute atomic E-state index is 0.113. The molecule has 6 heteroatoms. The Hall–Kier alpha value is -1.24. The van der Waals surface area contributed by atoms with E-state index in [9.17, 15) is 12.8 Å². The predicted octanol–water partition coefficient (Wildman–Crippen LogP) is 4.19. The Balaban J connectivity index is 1.99. The largest absolute Gasteiger partial charge is 0.243 e. The fourth-order valence-electron chi connectivity index (χ4n) is 2.88.